The lowest BCUT2D eigenvalue weighted by atomic mass is 9.77. The standard InChI is InChI=1S/C35H31N3O5S/c39-32-23-30-22-31(33(37(30)32)34(40)43-24-25-16-18-29(19-17-25)38(41)42)44-21-20-36-35(26-10-4-1-5-11-26,27-12-6-2-7-13-27)28-14-8-3-9-15-28/h1-19,22,30,33,36H,20-21,23-24H2/t30?,33-/m1/s1. The van der Waals surface area contributed by atoms with Crippen molar-refractivity contribution in [2.75, 3.05) is 12.3 Å². The largest absolute Gasteiger partial charge is 0.459 e. The molecule has 0 saturated carbocycles. The van der Waals surface area contributed by atoms with Crippen molar-refractivity contribution in [3.05, 3.63) is 159 Å². The molecule has 2 atom stereocenters. The Labute approximate surface area is 259 Å². The lowest BCUT2D eigenvalue weighted by Gasteiger charge is -2.38. The summed E-state index contributed by atoms with van der Waals surface area (Å²) in [6, 6.07) is 36.1. The van der Waals surface area contributed by atoms with Gasteiger partial charge in [0, 0.05) is 29.3 Å². The number of nitrogens with zero attached hydrogens (tertiary/aromatic N) is 2. The summed E-state index contributed by atoms with van der Waals surface area (Å²) >= 11 is 1.55. The molecule has 1 saturated heterocycles. The normalized spacial score (nSPS) is 17.4. The zero-order valence-corrected chi connectivity index (χ0v) is 24.7. The highest BCUT2D eigenvalue weighted by Gasteiger charge is 2.50. The van der Waals surface area contributed by atoms with Crippen molar-refractivity contribution in [3.63, 3.8) is 0 Å². The second kappa shape index (κ2) is 12.9. The molecule has 9 heteroatoms. The van der Waals surface area contributed by atoms with E-state index >= 15 is 0 Å². The summed E-state index contributed by atoms with van der Waals surface area (Å²) in [6.45, 7) is 0.580. The quantitative estimate of drug-likeness (QED) is 0.0542. The fourth-order valence-electron chi connectivity index (χ4n) is 5.93. The number of rotatable bonds is 12. The van der Waals surface area contributed by atoms with Crippen molar-refractivity contribution < 1.29 is 19.2 Å². The molecule has 1 fully saturated rings. The number of non-ortho nitro benzene ring substituents is 1. The lowest BCUT2D eigenvalue weighted by Crippen LogP contribution is -2.55. The Bertz CT molecular complexity index is 1570. The van der Waals surface area contributed by atoms with Gasteiger partial charge < -0.3 is 9.64 Å². The molecule has 2 heterocycles. The topological polar surface area (TPSA) is 102 Å². The van der Waals surface area contributed by atoms with E-state index < -0.39 is 22.5 Å². The highest BCUT2D eigenvalue weighted by Crippen LogP contribution is 2.41. The Hall–Kier alpha value is -4.73. The third kappa shape index (κ3) is 5.76. The van der Waals surface area contributed by atoms with Crippen LogP contribution in [0.4, 0.5) is 5.69 Å². The molecule has 4 aromatic rings. The van der Waals surface area contributed by atoms with Crippen LogP contribution in [0.3, 0.4) is 0 Å². The average Bonchev–Trinajstić information content (AvgIpc) is 3.37. The van der Waals surface area contributed by atoms with Crippen LogP contribution in [0.5, 0.6) is 0 Å². The van der Waals surface area contributed by atoms with Gasteiger partial charge in [0.25, 0.3) is 5.69 Å². The number of carbonyl (C=O) groups excluding carboxylic acids is 2. The van der Waals surface area contributed by atoms with Crippen molar-refractivity contribution >= 4 is 29.3 Å². The van der Waals surface area contributed by atoms with Crippen LogP contribution in [-0.2, 0) is 26.5 Å². The van der Waals surface area contributed by atoms with Crippen molar-refractivity contribution in [3.8, 4) is 0 Å². The SMILES string of the molecule is O=C(OCc1ccc([N+](=O)[O-])cc1)[C@H]1C(SCCNC(c2ccccc2)(c2ccccc2)c2ccccc2)=CC2CC(=O)N21. The van der Waals surface area contributed by atoms with E-state index in [1.165, 1.54) is 12.1 Å². The number of β-lactam (4-membered cyclic amide) rings is 1. The molecule has 0 radical (unpaired) electrons. The van der Waals surface area contributed by atoms with Gasteiger partial charge in [0.1, 0.15) is 6.61 Å². The number of nitro groups is 1. The van der Waals surface area contributed by atoms with Gasteiger partial charge in [-0.3, -0.25) is 20.2 Å². The van der Waals surface area contributed by atoms with E-state index in [9.17, 15) is 19.7 Å². The van der Waals surface area contributed by atoms with Gasteiger partial charge in [-0.25, -0.2) is 4.79 Å². The number of fused-ring (bicyclic) bond motifs is 1. The molecule has 2 aliphatic heterocycles. The van der Waals surface area contributed by atoms with Gasteiger partial charge in [-0.2, -0.15) is 0 Å². The summed E-state index contributed by atoms with van der Waals surface area (Å²) in [6.07, 6.45) is 2.39. The van der Waals surface area contributed by atoms with Gasteiger partial charge in [0.05, 0.1) is 22.9 Å². The van der Waals surface area contributed by atoms with E-state index in [0.29, 0.717) is 24.3 Å². The number of esters is 1. The Morgan fingerprint density at radius 2 is 1.43 bits per heavy atom. The van der Waals surface area contributed by atoms with Gasteiger partial charge >= 0.3 is 5.97 Å². The van der Waals surface area contributed by atoms with Crippen LogP contribution in [0.1, 0.15) is 28.7 Å². The Morgan fingerprint density at radius 3 is 1.93 bits per heavy atom. The first-order chi connectivity index (χ1) is 21.5. The van der Waals surface area contributed by atoms with Crippen molar-refractivity contribution in [1.82, 2.24) is 10.2 Å². The molecule has 222 valence electrons. The van der Waals surface area contributed by atoms with Crippen LogP contribution in [0.2, 0.25) is 0 Å². The van der Waals surface area contributed by atoms with Gasteiger partial charge in [-0.05, 0) is 40.5 Å². The maximum absolute atomic E-state index is 13.3. The monoisotopic (exact) mass is 605 g/mol. The molecule has 2 aliphatic rings. The molecule has 8 nitrogen and oxygen atoms in total. The molecule has 0 spiro atoms. The maximum atomic E-state index is 13.3. The summed E-state index contributed by atoms with van der Waals surface area (Å²) in [5.41, 5.74) is 3.35. The van der Waals surface area contributed by atoms with E-state index in [1.807, 2.05) is 60.7 Å². The minimum Gasteiger partial charge on any atom is -0.459 e. The summed E-state index contributed by atoms with van der Waals surface area (Å²) in [7, 11) is 0. The molecule has 4 aromatic carbocycles. The summed E-state index contributed by atoms with van der Waals surface area (Å²) in [5.74, 6) is 0.0763. The maximum Gasteiger partial charge on any atom is 0.334 e. The number of nitro benzene ring substituents is 1. The first-order valence-corrected chi connectivity index (χ1v) is 15.4. The number of nitrogens with one attached hydrogen (secondary N) is 1. The molecule has 0 aromatic heterocycles. The predicted molar refractivity (Wildman–Crippen MR) is 170 cm³/mol. The minimum atomic E-state index is -0.786. The average molecular weight is 606 g/mol. The van der Waals surface area contributed by atoms with Crippen molar-refractivity contribution in [1.29, 1.82) is 0 Å². The number of benzene rings is 4. The molecule has 6 rings (SSSR count). The number of thioether (sulfide) groups is 1. The molecular weight excluding hydrogens is 574 g/mol. The number of hydrogen-bond donors (Lipinski definition) is 1. The van der Waals surface area contributed by atoms with E-state index in [4.69, 9.17) is 4.74 Å². The van der Waals surface area contributed by atoms with Crippen LogP contribution in [0.15, 0.2) is 126 Å². The molecule has 0 aliphatic carbocycles. The molecule has 1 amide bonds. The second-order valence-corrected chi connectivity index (χ2v) is 11.9. The van der Waals surface area contributed by atoms with Crippen molar-refractivity contribution in [2.45, 2.75) is 30.7 Å². The highest BCUT2D eigenvalue weighted by molar-refractivity contribution is 8.03. The summed E-state index contributed by atoms with van der Waals surface area (Å²) in [5, 5.41) is 14.8. The molecule has 0 bridgehead atoms. The predicted octanol–water partition coefficient (Wildman–Crippen LogP) is 5.82. The number of carbonyl (C=O) groups is 2. The Balaban J connectivity index is 1.17. The zero-order valence-electron chi connectivity index (χ0n) is 23.9. The second-order valence-electron chi connectivity index (χ2n) is 10.7. The summed E-state index contributed by atoms with van der Waals surface area (Å²) < 4.78 is 5.61. The fourth-order valence-corrected chi connectivity index (χ4v) is 6.99. The van der Waals surface area contributed by atoms with E-state index in [0.717, 1.165) is 21.6 Å². The van der Waals surface area contributed by atoms with Gasteiger partial charge in [-0.15, -0.1) is 11.8 Å². The van der Waals surface area contributed by atoms with E-state index in [1.54, 1.807) is 28.8 Å². The number of ether oxygens (including phenoxy) is 1. The summed E-state index contributed by atoms with van der Waals surface area (Å²) in [4.78, 5) is 38.6. The molecule has 1 unspecified atom stereocenters. The van der Waals surface area contributed by atoms with E-state index in [2.05, 4.69) is 41.7 Å². The molecule has 1 N–H and O–H groups in total. The third-order valence-electron chi connectivity index (χ3n) is 8.07. The van der Waals surface area contributed by atoms with Crippen LogP contribution in [0.25, 0.3) is 0 Å². The zero-order chi connectivity index (χ0) is 30.5. The van der Waals surface area contributed by atoms with Crippen LogP contribution >= 0.6 is 11.8 Å². The van der Waals surface area contributed by atoms with Crippen molar-refractivity contribution in [2.24, 2.45) is 0 Å². The molecule has 44 heavy (non-hydrogen) atoms. The molecular formula is C35H31N3O5S. The van der Waals surface area contributed by atoms with E-state index in [-0.39, 0.29) is 24.2 Å². The third-order valence-corrected chi connectivity index (χ3v) is 9.17. The van der Waals surface area contributed by atoms with Crippen LogP contribution < -0.4 is 5.32 Å². The lowest BCUT2D eigenvalue weighted by molar-refractivity contribution is -0.384. The fraction of sp³-hybridized carbons (Fsp3) is 0.200. The van der Waals surface area contributed by atoms with Crippen LogP contribution in [0, 0.1) is 10.1 Å². The minimum absolute atomic E-state index is 0.0315. The number of hydrogen-bond acceptors (Lipinski definition) is 7. The van der Waals surface area contributed by atoms with Gasteiger partial charge in [0.15, 0.2) is 6.04 Å². The first kappa shape index (κ1) is 29.3. The van der Waals surface area contributed by atoms with Crippen LogP contribution in [-0.4, -0.2) is 46.1 Å². The first-order valence-electron chi connectivity index (χ1n) is 14.4. The highest BCUT2D eigenvalue weighted by atomic mass is 32.2. The Kier molecular flexibility index (Phi) is 8.58. The van der Waals surface area contributed by atoms with Gasteiger partial charge in [0.2, 0.25) is 5.91 Å². The van der Waals surface area contributed by atoms with Gasteiger partial charge in [-0.1, -0.05) is 91.0 Å². The Morgan fingerprint density at radius 1 is 0.886 bits per heavy atom. The number of amides is 1. The smallest absolute Gasteiger partial charge is 0.334 e.